The molecule has 2 aromatic carbocycles. The maximum absolute atomic E-state index is 12.4. The number of aromatic nitrogens is 1. The molecule has 0 fully saturated rings. The number of benzene rings is 2. The van der Waals surface area contributed by atoms with Crippen LogP contribution in [0.15, 0.2) is 73.1 Å². The summed E-state index contributed by atoms with van der Waals surface area (Å²) in [6.07, 6.45) is 3.31. The van der Waals surface area contributed by atoms with Gasteiger partial charge in [0.15, 0.2) is 0 Å². The Kier molecular flexibility index (Phi) is 4.34. The Hall–Kier alpha value is -3.14. The molecule has 0 saturated heterocycles. The molecule has 0 aliphatic heterocycles. The van der Waals surface area contributed by atoms with Crippen molar-refractivity contribution < 1.29 is 9.53 Å². The van der Waals surface area contributed by atoms with Gasteiger partial charge < -0.3 is 10.1 Å². The maximum Gasteiger partial charge on any atom is 0.257 e. The van der Waals surface area contributed by atoms with E-state index in [4.69, 9.17) is 4.74 Å². The van der Waals surface area contributed by atoms with E-state index in [1.54, 1.807) is 25.6 Å². The molecule has 0 aliphatic rings. The predicted octanol–water partition coefficient (Wildman–Crippen LogP) is 4.01. The average Bonchev–Trinajstić information content (AvgIpc) is 2.63. The van der Waals surface area contributed by atoms with E-state index in [0.29, 0.717) is 17.0 Å². The third kappa shape index (κ3) is 3.55. The first-order valence-corrected chi connectivity index (χ1v) is 7.22. The molecule has 0 aliphatic carbocycles. The molecule has 114 valence electrons. The van der Waals surface area contributed by atoms with E-state index in [0.717, 1.165) is 11.1 Å². The Bertz CT molecular complexity index is 816. The van der Waals surface area contributed by atoms with Crippen LogP contribution in [0.25, 0.3) is 11.1 Å². The topological polar surface area (TPSA) is 51.2 Å². The summed E-state index contributed by atoms with van der Waals surface area (Å²) < 4.78 is 5.16. The Balaban J connectivity index is 1.82. The van der Waals surface area contributed by atoms with Crippen LogP contribution < -0.4 is 10.1 Å². The summed E-state index contributed by atoms with van der Waals surface area (Å²) in [7, 11) is 1.59. The molecule has 1 heterocycles. The largest absolute Gasteiger partial charge is 0.497 e. The lowest BCUT2D eigenvalue weighted by Gasteiger charge is -2.08. The van der Waals surface area contributed by atoms with Gasteiger partial charge in [0, 0.05) is 29.7 Å². The molecular formula is C19H16N2O2. The highest BCUT2D eigenvalue weighted by Gasteiger charge is 2.09. The van der Waals surface area contributed by atoms with Crippen molar-refractivity contribution in [3.8, 4) is 16.9 Å². The summed E-state index contributed by atoms with van der Waals surface area (Å²) in [5, 5.41) is 2.85. The molecule has 0 spiro atoms. The van der Waals surface area contributed by atoms with Gasteiger partial charge in [0.25, 0.3) is 5.91 Å². The van der Waals surface area contributed by atoms with Crippen LogP contribution in [0.1, 0.15) is 10.4 Å². The molecule has 1 aromatic heterocycles. The Labute approximate surface area is 134 Å². The van der Waals surface area contributed by atoms with Gasteiger partial charge in [0.05, 0.1) is 12.7 Å². The van der Waals surface area contributed by atoms with Gasteiger partial charge in [-0.1, -0.05) is 36.4 Å². The number of amides is 1. The molecule has 3 aromatic rings. The number of methoxy groups -OCH3 is 1. The first kappa shape index (κ1) is 14.8. The fourth-order valence-electron chi connectivity index (χ4n) is 2.26. The smallest absolute Gasteiger partial charge is 0.257 e. The summed E-state index contributed by atoms with van der Waals surface area (Å²) in [5.41, 5.74) is 3.12. The van der Waals surface area contributed by atoms with Crippen LogP contribution in [0.4, 0.5) is 5.69 Å². The van der Waals surface area contributed by atoms with Crippen molar-refractivity contribution in [3.63, 3.8) is 0 Å². The van der Waals surface area contributed by atoms with Crippen LogP contribution in [0.3, 0.4) is 0 Å². The first-order chi connectivity index (χ1) is 11.3. The van der Waals surface area contributed by atoms with Crippen LogP contribution in [0, 0.1) is 0 Å². The average molecular weight is 304 g/mol. The zero-order valence-corrected chi connectivity index (χ0v) is 12.7. The number of hydrogen-bond donors (Lipinski definition) is 1. The van der Waals surface area contributed by atoms with E-state index in [9.17, 15) is 4.79 Å². The molecule has 1 amide bonds. The van der Waals surface area contributed by atoms with Gasteiger partial charge in [-0.2, -0.15) is 0 Å². The van der Waals surface area contributed by atoms with Crippen molar-refractivity contribution in [1.29, 1.82) is 0 Å². The van der Waals surface area contributed by atoms with Crippen molar-refractivity contribution in [2.45, 2.75) is 0 Å². The van der Waals surface area contributed by atoms with Crippen LogP contribution >= 0.6 is 0 Å². The van der Waals surface area contributed by atoms with Gasteiger partial charge in [-0.25, -0.2) is 0 Å². The highest BCUT2D eigenvalue weighted by atomic mass is 16.5. The van der Waals surface area contributed by atoms with Gasteiger partial charge in [-0.3, -0.25) is 9.78 Å². The molecule has 0 unspecified atom stereocenters. The van der Waals surface area contributed by atoms with Crippen molar-refractivity contribution in [1.82, 2.24) is 4.98 Å². The second kappa shape index (κ2) is 6.75. The fourth-order valence-corrected chi connectivity index (χ4v) is 2.26. The minimum Gasteiger partial charge on any atom is -0.497 e. The summed E-state index contributed by atoms with van der Waals surface area (Å²) in [6, 6.07) is 18.9. The zero-order chi connectivity index (χ0) is 16.1. The van der Waals surface area contributed by atoms with E-state index in [1.165, 1.54) is 0 Å². The molecule has 0 atom stereocenters. The van der Waals surface area contributed by atoms with Gasteiger partial charge in [-0.15, -0.1) is 0 Å². The third-order valence-corrected chi connectivity index (χ3v) is 3.44. The normalized spacial score (nSPS) is 10.1. The number of ether oxygens (including phenoxy) is 1. The van der Waals surface area contributed by atoms with Crippen LogP contribution in [-0.2, 0) is 0 Å². The van der Waals surface area contributed by atoms with E-state index in [1.807, 2.05) is 54.6 Å². The van der Waals surface area contributed by atoms with E-state index in [2.05, 4.69) is 10.3 Å². The summed E-state index contributed by atoms with van der Waals surface area (Å²) >= 11 is 0. The van der Waals surface area contributed by atoms with Crippen molar-refractivity contribution >= 4 is 11.6 Å². The number of nitrogens with zero attached hydrogens (tertiary/aromatic N) is 1. The van der Waals surface area contributed by atoms with E-state index in [-0.39, 0.29) is 5.91 Å². The summed E-state index contributed by atoms with van der Waals surface area (Å²) in [6.45, 7) is 0. The highest BCUT2D eigenvalue weighted by Crippen LogP contribution is 2.20. The Morgan fingerprint density at radius 2 is 1.78 bits per heavy atom. The molecule has 4 nitrogen and oxygen atoms in total. The highest BCUT2D eigenvalue weighted by molar-refractivity contribution is 6.04. The van der Waals surface area contributed by atoms with Crippen molar-refractivity contribution in [3.05, 3.63) is 78.6 Å². The van der Waals surface area contributed by atoms with Crippen molar-refractivity contribution in [2.24, 2.45) is 0 Å². The van der Waals surface area contributed by atoms with Crippen molar-refractivity contribution in [2.75, 3.05) is 12.4 Å². The molecule has 4 heteroatoms. The number of anilines is 1. The minimum absolute atomic E-state index is 0.205. The lowest BCUT2D eigenvalue weighted by atomic mass is 10.1. The van der Waals surface area contributed by atoms with Gasteiger partial charge in [-0.05, 0) is 23.8 Å². The standard InChI is InChI=1S/C19H16N2O2/c1-23-18-9-5-8-17(11-18)21-19(22)16-10-15(12-20-13-16)14-6-3-2-4-7-14/h2-13H,1H3,(H,21,22). The van der Waals surface area contributed by atoms with Crippen LogP contribution in [0.5, 0.6) is 5.75 Å². The fraction of sp³-hybridized carbons (Fsp3) is 0.0526. The summed E-state index contributed by atoms with van der Waals surface area (Å²) in [5.74, 6) is 0.488. The quantitative estimate of drug-likeness (QED) is 0.792. The second-order valence-corrected chi connectivity index (χ2v) is 5.01. The maximum atomic E-state index is 12.4. The molecule has 1 N–H and O–H groups in total. The zero-order valence-electron chi connectivity index (χ0n) is 12.7. The number of hydrogen-bond acceptors (Lipinski definition) is 3. The summed E-state index contributed by atoms with van der Waals surface area (Å²) in [4.78, 5) is 16.6. The molecule has 0 radical (unpaired) electrons. The monoisotopic (exact) mass is 304 g/mol. The predicted molar refractivity (Wildman–Crippen MR) is 90.6 cm³/mol. The van der Waals surface area contributed by atoms with Gasteiger partial charge in [0.2, 0.25) is 0 Å². The SMILES string of the molecule is COc1cccc(NC(=O)c2cncc(-c3ccccc3)c2)c1. The lowest BCUT2D eigenvalue weighted by Crippen LogP contribution is -2.12. The first-order valence-electron chi connectivity index (χ1n) is 7.22. The Morgan fingerprint density at radius 1 is 0.957 bits per heavy atom. The third-order valence-electron chi connectivity index (χ3n) is 3.44. The molecule has 0 bridgehead atoms. The number of carbonyl (C=O) groups is 1. The molecule has 23 heavy (non-hydrogen) atoms. The molecular weight excluding hydrogens is 288 g/mol. The number of pyridine rings is 1. The molecule has 0 saturated carbocycles. The van der Waals surface area contributed by atoms with E-state index >= 15 is 0 Å². The van der Waals surface area contributed by atoms with Gasteiger partial charge >= 0.3 is 0 Å². The van der Waals surface area contributed by atoms with E-state index < -0.39 is 0 Å². The lowest BCUT2D eigenvalue weighted by molar-refractivity contribution is 0.102. The van der Waals surface area contributed by atoms with Gasteiger partial charge in [0.1, 0.15) is 5.75 Å². The number of nitrogens with one attached hydrogen (secondary N) is 1. The van der Waals surface area contributed by atoms with Crippen LogP contribution in [-0.4, -0.2) is 18.0 Å². The number of carbonyl (C=O) groups excluding carboxylic acids is 1. The second-order valence-electron chi connectivity index (χ2n) is 5.01. The molecule has 3 rings (SSSR count). The van der Waals surface area contributed by atoms with Crippen LogP contribution in [0.2, 0.25) is 0 Å². The number of rotatable bonds is 4. The Morgan fingerprint density at radius 3 is 2.57 bits per heavy atom. The minimum atomic E-state index is -0.205.